The highest BCUT2D eigenvalue weighted by molar-refractivity contribution is 5.92. The van der Waals surface area contributed by atoms with E-state index in [1.165, 1.54) is 12.5 Å². The standard InChI is InChI=1S/C15H21N3O2/c1-12(19)18-11-8-15(18,14(20)16-2)7-3-4-13-5-9-17-10-6-13/h5-6,9-10H,3-4,7-8,11H2,1-2H3,(H,16,20). The molecule has 0 aliphatic carbocycles. The molecule has 108 valence electrons. The number of aryl methyl sites for hydroxylation is 1. The van der Waals surface area contributed by atoms with Crippen LogP contribution in [0.4, 0.5) is 0 Å². The first-order valence-corrected chi connectivity index (χ1v) is 6.99. The Morgan fingerprint density at radius 2 is 2.10 bits per heavy atom. The molecule has 1 aromatic rings. The van der Waals surface area contributed by atoms with Crippen molar-refractivity contribution in [3.8, 4) is 0 Å². The van der Waals surface area contributed by atoms with Crippen LogP contribution in [0.25, 0.3) is 0 Å². The van der Waals surface area contributed by atoms with Gasteiger partial charge in [0, 0.05) is 32.9 Å². The molecule has 5 heteroatoms. The molecule has 20 heavy (non-hydrogen) atoms. The first-order valence-electron chi connectivity index (χ1n) is 6.99. The number of nitrogens with zero attached hydrogens (tertiary/aromatic N) is 2. The topological polar surface area (TPSA) is 62.3 Å². The van der Waals surface area contributed by atoms with Gasteiger partial charge in [0.15, 0.2) is 0 Å². The number of aromatic nitrogens is 1. The summed E-state index contributed by atoms with van der Waals surface area (Å²) in [6.45, 7) is 2.21. The van der Waals surface area contributed by atoms with E-state index >= 15 is 0 Å². The van der Waals surface area contributed by atoms with Crippen LogP contribution in [0.1, 0.15) is 31.7 Å². The number of nitrogens with one attached hydrogen (secondary N) is 1. The van der Waals surface area contributed by atoms with Crippen molar-refractivity contribution in [1.82, 2.24) is 15.2 Å². The van der Waals surface area contributed by atoms with Gasteiger partial charge in [0.2, 0.25) is 11.8 Å². The Morgan fingerprint density at radius 3 is 2.60 bits per heavy atom. The Kier molecular flexibility index (Phi) is 4.37. The van der Waals surface area contributed by atoms with E-state index in [1.807, 2.05) is 12.1 Å². The number of amides is 2. The third kappa shape index (κ3) is 2.66. The highest BCUT2D eigenvalue weighted by Crippen LogP contribution is 2.35. The summed E-state index contributed by atoms with van der Waals surface area (Å²) < 4.78 is 0. The van der Waals surface area contributed by atoms with Crippen LogP contribution in [0.15, 0.2) is 24.5 Å². The number of likely N-dealkylation sites (tertiary alicyclic amines) is 1. The van der Waals surface area contributed by atoms with E-state index in [2.05, 4.69) is 10.3 Å². The highest BCUT2D eigenvalue weighted by Gasteiger charge is 2.51. The smallest absolute Gasteiger partial charge is 0.245 e. The lowest BCUT2D eigenvalue weighted by Gasteiger charge is -2.51. The molecule has 0 saturated carbocycles. The Bertz CT molecular complexity index is 489. The first kappa shape index (κ1) is 14.5. The SMILES string of the molecule is CNC(=O)C1(CCCc2ccncc2)CCN1C(C)=O. The Hall–Kier alpha value is -1.91. The third-order valence-electron chi connectivity index (χ3n) is 4.10. The van der Waals surface area contributed by atoms with Crippen LogP contribution in [0, 0.1) is 0 Å². The maximum Gasteiger partial charge on any atom is 0.245 e. The van der Waals surface area contributed by atoms with Gasteiger partial charge in [-0.15, -0.1) is 0 Å². The van der Waals surface area contributed by atoms with Crippen LogP contribution in [0.3, 0.4) is 0 Å². The molecule has 1 atom stereocenters. The molecular formula is C15H21N3O2. The third-order valence-corrected chi connectivity index (χ3v) is 4.10. The molecule has 2 rings (SSSR count). The summed E-state index contributed by atoms with van der Waals surface area (Å²) in [5.74, 6) is -0.0718. The number of likely N-dealkylation sites (N-methyl/N-ethyl adjacent to an activating group) is 1. The van der Waals surface area contributed by atoms with Gasteiger partial charge in [0.05, 0.1) is 0 Å². The Labute approximate surface area is 119 Å². The summed E-state index contributed by atoms with van der Waals surface area (Å²) in [6.07, 6.45) is 6.77. The molecule has 2 amide bonds. The number of pyridine rings is 1. The van der Waals surface area contributed by atoms with Gasteiger partial charge in [0.1, 0.15) is 5.54 Å². The lowest BCUT2D eigenvalue weighted by atomic mass is 9.78. The molecule has 0 spiro atoms. The van der Waals surface area contributed by atoms with E-state index in [0.29, 0.717) is 13.0 Å². The highest BCUT2D eigenvalue weighted by atomic mass is 16.2. The summed E-state index contributed by atoms with van der Waals surface area (Å²) in [4.78, 5) is 29.5. The summed E-state index contributed by atoms with van der Waals surface area (Å²) >= 11 is 0. The molecule has 1 fully saturated rings. The van der Waals surface area contributed by atoms with Gasteiger partial charge >= 0.3 is 0 Å². The average Bonchev–Trinajstić information content (AvgIpc) is 2.42. The van der Waals surface area contributed by atoms with Gasteiger partial charge in [-0.3, -0.25) is 14.6 Å². The quantitative estimate of drug-likeness (QED) is 0.876. The van der Waals surface area contributed by atoms with Crippen molar-refractivity contribution in [3.63, 3.8) is 0 Å². The molecule has 0 radical (unpaired) electrons. The van der Waals surface area contributed by atoms with Gasteiger partial charge in [-0.05, 0) is 43.4 Å². The van der Waals surface area contributed by atoms with Crippen LogP contribution in [-0.2, 0) is 16.0 Å². The normalized spacial score (nSPS) is 21.2. The zero-order chi connectivity index (χ0) is 14.6. The molecule has 1 N–H and O–H groups in total. The second-order valence-electron chi connectivity index (χ2n) is 5.24. The second-order valence-corrected chi connectivity index (χ2v) is 5.24. The average molecular weight is 275 g/mol. The minimum Gasteiger partial charge on any atom is -0.357 e. The van der Waals surface area contributed by atoms with Crippen molar-refractivity contribution in [2.75, 3.05) is 13.6 Å². The van der Waals surface area contributed by atoms with Crippen molar-refractivity contribution < 1.29 is 9.59 Å². The van der Waals surface area contributed by atoms with E-state index in [1.54, 1.807) is 24.3 Å². The molecule has 0 aromatic carbocycles. The van der Waals surface area contributed by atoms with Crippen molar-refractivity contribution in [2.24, 2.45) is 0 Å². The van der Waals surface area contributed by atoms with Gasteiger partial charge in [-0.2, -0.15) is 0 Å². The summed E-state index contributed by atoms with van der Waals surface area (Å²) in [5.41, 5.74) is 0.578. The fourth-order valence-electron chi connectivity index (χ4n) is 2.93. The number of hydrogen-bond donors (Lipinski definition) is 1. The molecule has 2 heterocycles. The number of carbonyl (C=O) groups is 2. The fraction of sp³-hybridized carbons (Fsp3) is 0.533. The van der Waals surface area contributed by atoms with Crippen LogP contribution in [0.5, 0.6) is 0 Å². The van der Waals surface area contributed by atoms with E-state index in [4.69, 9.17) is 0 Å². The van der Waals surface area contributed by atoms with E-state index in [-0.39, 0.29) is 11.8 Å². The van der Waals surface area contributed by atoms with Crippen LogP contribution in [0.2, 0.25) is 0 Å². The first-order chi connectivity index (χ1) is 9.60. The second kappa shape index (κ2) is 6.03. The van der Waals surface area contributed by atoms with Gasteiger partial charge in [0.25, 0.3) is 0 Å². The summed E-state index contributed by atoms with van der Waals surface area (Å²) in [5, 5.41) is 2.70. The van der Waals surface area contributed by atoms with Gasteiger partial charge in [-0.25, -0.2) is 0 Å². The fourth-order valence-corrected chi connectivity index (χ4v) is 2.93. The minimum atomic E-state index is -0.631. The van der Waals surface area contributed by atoms with Crippen molar-refractivity contribution in [2.45, 2.75) is 38.1 Å². The monoisotopic (exact) mass is 275 g/mol. The maximum absolute atomic E-state index is 12.2. The summed E-state index contributed by atoms with van der Waals surface area (Å²) in [7, 11) is 1.63. The van der Waals surface area contributed by atoms with Crippen molar-refractivity contribution in [3.05, 3.63) is 30.1 Å². The number of hydrogen-bond acceptors (Lipinski definition) is 3. The van der Waals surface area contributed by atoms with E-state index in [9.17, 15) is 9.59 Å². The van der Waals surface area contributed by atoms with E-state index < -0.39 is 5.54 Å². The van der Waals surface area contributed by atoms with Crippen LogP contribution >= 0.6 is 0 Å². The zero-order valence-corrected chi connectivity index (χ0v) is 12.1. The molecule has 1 saturated heterocycles. The molecule has 1 unspecified atom stereocenters. The molecule has 0 bridgehead atoms. The maximum atomic E-state index is 12.2. The Morgan fingerprint density at radius 1 is 1.40 bits per heavy atom. The van der Waals surface area contributed by atoms with Crippen molar-refractivity contribution >= 4 is 11.8 Å². The lowest BCUT2D eigenvalue weighted by Crippen LogP contribution is -2.68. The van der Waals surface area contributed by atoms with E-state index in [0.717, 1.165) is 19.3 Å². The van der Waals surface area contributed by atoms with Gasteiger partial charge < -0.3 is 10.2 Å². The number of carbonyl (C=O) groups excluding carboxylic acids is 2. The summed E-state index contributed by atoms with van der Waals surface area (Å²) in [6, 6.07) is 3.96. The van der Waals surface area contributed by atoms with Gasteiger partial charge in [-0.1, -0.05) is 0 Å². The zero-order valence-electron chi connectivity index (χ0n) is 12.1. The largest absolute Gasteiger partial charge is 0.357 e. The number of rotatable bonds is 5. The Balaban J connectivity index is 1.99. The van der Waals surface area contributed by atoms with Crippen LogP contribution in [-0.4, -0.2) is 40.8 Å². The predicted octanol–water partition coefficient (Wildman–Crippen LogP) is 1.14. The van der Waals surface area contributed by atoms with Crippen molar-refractivity contribution in [1.29, 1.82) is 0 Å². The molecule has 1 aromatic heterocycles. The predicted molar refractivity (Wildman–Crippen MR) is 76.0 cm³/mol. The molecule has 1 aliphatic rings. The molecule has 5 nitrogen and oxygen atoms in total. The molecule has 1 aliphatic heterocycles. The lowest BCUT2D eigenvalue weighted by molar-refractivity contribution is -0.158. The molecular weight excluding hydrogens is 254 g/mol. The van der Waals surface area contributed by atoms with Crippen LogP contribution < -0.4 is 5.32 Å². The minimum absolute atomic E-state index is 0.0243.